The molecule has 1 aliphatic carbocycles. The summed E-state index contributed by atoms with van der Waals surface area (Å²) < 4.78 is 0. The molecule has 2 rings (SSSR count). The van der Waals surface area contributed by atoms with Gasteiger partial charge in [-0.2, -0.15) is 0 Å². The minimum atomic E-state index is -0.693. The normalized spacial score (nSPS) is 31.1. The van der Waals surface area contributed by atoms with Gasteiger partial charge in [0.05, 0.1) is 4.87 Å². The van der Waals surface area contributed by atoms with Crippen molar-refractivity contribution in [3.05, 3.63) is 0 Å². The Hall–Kier alpha value is -0.220. The Kier molecular flexibility index (Phi) is 3.57. The van der Waals surface area contributed by atoms with Gasteiger partial charge in [0.1, 0.15) is 6.04 Å². The van der Waals surface area contributed by atoms with Gasteiger partial charge in [-0.05, 0) is 12.8 Å². The van der Waals surface area contributed by atoms with Crippen LogP contribution in [0.2, 0.25) is 0 Å². The fourth-order valence-electron chi connectivity index (χ4n) is 2.54. The van der Waals surface area contributed by atoms with E-state index in [1.165, 1.54) is 32.1 Å². The standard InChI is InChI=1S/C11H19NO2S/c13-10(14)9-8-15-11(12-9)6-4-2-1-3-5-7-11/h9,12H,1-8H2,(H,13,14). The van der Waals surface area contributed by atoms with Crippen molar-refractivity contribution in [2.75, 3.05) is 5.75 Å². The number of carboxylic acids is 1. The van der Waals surface area contributed by atoms with Crippen LogP contribution in [-0.2, 0) is 4.79 Å². The highest BCUT2D eigenvalue weighted by Crippen LogP contribution is 2.40. The van der Waals surface area contributed by atoms with Gasteiger partial charge in [0.2, 0.25) is 0 Å². The average Bonchev–Trinajstić information content (AvgIpc) is 2.57. The van der Waals surface area contributed by atoms with Crippen LogP contribution in [-0.4, -0.2) is 27.7 Å². The smallest absolute Gasteiger partial charge is 0.321 e. The van der Waals surface area contributed by atoms with Crippen molar-refractivity contribution in [2.24, 2.45) is 0 Å². The molecule has 2 N–H and O–H groups in total. The molecule has 1 spiro atoms. The number of aliphatic carboxylic acids is 1. The van der Waals surface area contributed by atoms with Crippen LogP contribution in [0.25, 0.3) is 0 Å². The highest BCUT2D eigenvalue weighted by Gasteiger charge is 2.41. The topological polar surface area (TPSA) is 49.3 Å². The molecule has 15 heavy (non-hydrogen) atoms. The minimum Gasteiger partial charge on any atom is -0.480 e. The highest BCUT2D eigenvalue weighted by molar-refractivity contribution is 8.00. The predicted molar refractivity (Wildman–Crippen MR) is 62.1 cm³/mol. The molecule has 0 aromatic carbocycles. The second-order valence-electron chi connectivity index (χ2n) is 4.61. The minimum absolute atomic E-state index is 0.0868. The second kappa shape index (κ2) is 4.74. The van der Waals surface area contributed by atoms with Crippen molar-refractivity contribution in [1.82, 2.24) is 5.32 Å². The largest absolute Gasteiger partial charge is 0.480 e. The van der Waals surface area contributed by atoms with Crippen LogP contribution in [0.5, 0.6) is 0 Å². The van der Waals surface area contributed by atoms with Gasteiger partial charge in [-0.3, -0.25) is 10.1 Å². The van der Waals surface area contributed by atoms with E-state index in [0.717, 1.165) is 18.6 Å². The first-order valence-corrected chi connectivity index (χ1v) is 6.85. The van der Waals surface area contributed by atoms with Crippen LogP contribution < -0.4 is 5.32 Å². The highest BCUT2D eigenvalue weighted by atomic mass is 32.2. The fraction of sp³-hybridized carbons (Fsp3) is 0.909. The summed E-state index contributed by atoms with van der Waals surface area (Å²) in [7, 11) is 0. The number of nitrogens with one attached hydrogen (secondary N) is 1. The van der Waals surface area contributed by atoms with Crippen LogP contribution in [0.15, 0.2) is 0 Å². The molecule has 2 aliphatic rings. The Labute approximate surface area is 95.0 Å². The maximum absolute atomic E-state index is 10.9. The molecule has 0 radical (unpaired) electrons. The Morgan fingerprint density at radius 3 is 2.33 bits per heavy atom. The molecule has 0 bridgehead atoms. The Morgan fingerprint density at radius 2 is 1.80 bits per heavy atom. The van der Waals surface area contributed by atoms with Crippen LogP contribution in [0.3, 0.4) is 0 Å². The summed E-state index contributed by atoms with van der Waals surface area (Å²) in [5.41, 5.74) is 0. The molecule has 1 saturated carbocycles. The SMILES string of the molecule is O=C(O)C1CSC2(CCCCCCC2)N1. The third-order valence-corrected chi connectivity index (χ3v) is 5.00. The molecule has 86 valence electrons. The first kappa shape index (κ1) is 11.3. The Bertz CT molecular complexity index is 237. The van der Waals surface area contributed by atoms with Gasteiger partial charge in [-0.15, -0.1) is 11.8 Å². The lowest BCUT2D eigenvalue weighted by atomic mass is 9.95. The zero-order chi connectivity index (χ0) is 10.7. The summed E-state index contributed by atoms with van der Waals surface area (Å²) in [4.78, 5) is 11.0. The first-order valence-electron chi connectivity index (χ1n) is 5.86. The summed E-state index contributed by atoms with van der Waals surface area (Å²) in [6, 6.07) is -0.325. The van der Waals surface area contributed by atoms with Crippen LogP contribution >= 0.6 is 11.8 Å². The summed E-state index contributed by atoms with van der Waals surface area (Å²) in [6.45, 7) is 0. The summed E-state index contributed by atoms with van der Waals surface area (Å²) in [5, 5.41) is 12.3. The molecule has 0 aromatic rings. The van der Waals surface area contributed by atoms with Gasteiger partial charge in [0.25, 0.3) is 0 Å². The number of carbonyl (C=O) groups is 1. The zero-order valence-electron chi connectivity index (χ0n) is 9.00. The number of carboxylic acid groups (broad SMARTS) is 1. The molecule has 2 fully saturated rings. The van der Waals surface area contributed by atoms with E-state index in [-0.39, 0.29) is 10.9 Å². The Balaban J connectivity index is 1.96. The van der Waals surface area contributed by atoms with Crippen molar-refractivity contribution < 1.29 is 9.90 Å². The molecule has 0 amide bonds. The van der Waals surface area contributed by atoms with Gasteiger partial charge in [-0.1, -0.05) is 32.1 Å². The van der Waals surface area contributed by atoms with Gasteiger partial charge in [0.15, 0.2) is 0 Å². The van der Waals surface area contributed by atoms with E-state index < -0.39 is 5.97 Å². The lowest BCUT2D eigenvalue weighted by Crippen LogP contribution is -2.45. The number of hydrogen-bond donors (Lipinski definition) is 2. The van der Waals surface area contributed by atoms with Gasteiger partial charge >= 0.3 is 5.97 Å². The van der Waals surface area contributed by atoms with Crippen molar-refractivity contribution in [3.8, 4) is 0 Å². The third-order valence-electron chi connectivity index (χ3n) is 3.42. The van der Waals surface area contributed by atoms with Crippen molar-refractivity contribution >= 4 is 17.7 Å². The van der Waals surface area contributed by atoms with Gasteiger partial charge in [0, 0.05) is 5.75 Å². The summed E-state index contributed by atoms with van der Waals surface area (Å²) in [5.74, 6) is 0.0384. The van der Waals surface area contributed by atoms with Crippen LogP contribution in [0.1, 0.15) is 44.9 Å². The van der Waals surface area contributed by atoms with Crippen molar-refractivity contribution in [2.45, 2.75) is 55.9 Å². The van der Waals surface area contributed by atoms with E-state index in [1.807, 2.05) is 11.8 Å². The molecule has 1 aliphatic heterocycles. The lowest BCUT2D eigenvalue weighted by Gasteiger charge is -2.31. The van der Waals surface area contributed by atoms with Gasteiger partial charge in [-0.25, -0.2) is 0 Å². The fourth-order valence-corrected chi connectivity index (χ4v) is 4.06. The molecule has 1 atom stereocenters. The molecule has 0 aromatic heterocycles. The van der Waals surface area contributed by atoms with Crippen LogP contribution in [0.4, 0.5) is 0 Å². The monoisotopic (exact) mass is 229 g/mol. The predicted octanol–water partition coefficient (Wildman–Crippen LogP) is 2.22. The summed E-state index contributed by atoms with van der Waals surface area (Å²) >= 11 is 1.83. The quantitative estimate of drug-likeness (QED) is 0.724. The number of rotatable bonds is 1. The Morgan fingerprint density at radius 1 is 1.20 bits per heavy atom. The molecule has 1 heterocycles. The molecule has 1 unspecified atom stereocenters. The second-order valence-corrected chi connectivity index (χ2v) is 6.01. The molecular formula is C11H19NO2S. The average molecular weight is 229 g/mol. The maximum Gasteiger partial charge on any atom is 0.321 e. The van der Waals surface area contributed by atoms with Gasteiger partial charge < -0.3 is 5.11 Å². The van der Waals surface area contributed by atoms with Crippen molar-refractivity contribution in [1.29, 1.82) is 0 Å². The van der Waals surface area contributed by atoms with E-state index in [9.17, 15) is 4.79 Å². The molecule has 1 saturated heterocycles. The van der Waals surface area contributed by atoms with E-state index in [2.05, 4.69) is 5.32 Å². The number of thioether (sulfide) groups is 1. The van der Waals surface area contributed by atoms with E-state index >= 15 is 0 Å². The summed E-state index contributed by atoms with van der Waals surface area (Å²) in [6.07, 6.45) is 8.73. The van der Waals surface area contributed by atoms with E-state index in [4.69, 9.17) is 5.11 Å². The maximum atomic E-state index is 10.9. The number of hydrogen-bond acceptors (Lipinski definition) is 3. The first-order chi connectivity index (χ1) is 7.22. The third kappa shape index (κ3) is 2.67. The molecular weight excluding hydrogens is 210 g/mol. The van der Waals surface area contributed by atoms with Crippen LogP contribution in [0, 0.1) is 0 Å². The zero-order valence-corrected chi connectivity index (χ0v) is 9.81. The molecule has 4 heteroatoms. The molecule has 3 nitrogen and oxygen atoms in total. The lowest BCUT2D eigenvalue weighted by molar-refractivity contribution is -0.138. The van der Waals surface area contributed by atoms with E-state index in [1.54, 1.807) is 0 Å². The van der Waals surface area contributed by atoms with E-state index in [0.29, 0.717) is 0 Å². The van der Waals surface area contributed by atoms with Crippen molar-refractivity contribution in [3.63, 3.8) is 0 Å².